The number of aliphatic hydroxyl groups excluding tert-OH is 1. The molecule has 1 N–H and O–H groups in total. The molecule has 1 fully saturated rings. The van der Waals surface area contributed by atoms with E-state index in [1.54, 1.807) is 11.0 Å². The number of fused-ring (bicyclic) bond motifs is 1. The van der Waals surface area contributed by atoms with Crippen LogP contribution in [0, 0.1) is 0 Å². The van der Waals surface area contributed by atoms with E-state index < -0.39 is 17.7 Å². The predicted molar refractivity (Wildman–Crippen MR) is 145 cm³/mol. The summed E-state index contributed by atoms with van der Waals surface area (Å²) in [4.78, 5) is 30.2. The van der Waals surface area contributed by atoms with Crippen LogP contribution in [0.4, 0.5) is 5.69 Å². The van der Waals surface area contributed by atoms with Crippen molar-refractivity contribution in [1.82, 2.24) is 4.90 Å². The summed E-state index contributed by atoms with van der Waals surface area (Å²) < 4.78 is 5.70. The molecule has 0 radical (unpaired) electrons. The van der Waals surface area contributed by atoms with Gasteiger partial charge >= 0.3 is 0 Å². The molecule has 190 valence electrons. The van der Waals surface area contributed by atoms with Crippen LogP contribution in [0.2, 0.25) is 5.02 Å². The average molecular weight is 517 g/mol. The number of ketones is 1. The molecule has 1 amide bonds. The number of ether oxygens (including phenoxy) is 1. The number of hydrogen-bond donors (Lipinski definition) is 1. The highest BCUT2D eigenvalue weighted by molar-refractivity contribution is 6.46. The maximum atomic E-state index is 13.4. The summed E-state index contributed by atoms with van der Waals surface area (Å²) in [6.45, 7) is 0.987. The van der Waals surface area contributed by atoms with E-state index in [2.05, 4.69) is 0 Å². The quantitative estimate of drug-likeness (QED) is 0.270. The van der Waals surface area contributed by atoms with E-state index >= 15 is 0 Å². The summed E-state index contributed by atoms with van der Waals surface area (Å²) in [5, 5.41) is 12.1. The molecule has 5 rings (SSSR count). The van der Waals surface area contributed by atoms with E-state index in [1.165, 1.54) is 0 Å². The first kappa shape index (κ1) is 24.9. The highest BCUT2D eigenvalue weighted by atomic mass is 35.5. The molecule has 0 bridgehead atoms. The van der Waals surface area contributed by atoms with Gasteiger partial charge < -0.3 is 19.6 Å². The Morgan fingerprint density at radius 2 is 1.78 bits per heavy atom. The summed E-state index contributed by atoms with van der Waals surface area (Å²) in [6, 6.07) is 19.9. The van der Waals surface area contributed by atoms with E-state index in [0.29, 0.717) is 30.2 Å². The molecule has 1 atom stereocenters. The fourth-order valence-corrected chi connectivity index (χ4v) is 5.10. The minimum Gasteiger partial charge on any atom is -0.507 e. The number of nitrogens with zero attached hydrogens (tertiary/aromatic N) is 2. The zero-order valence-electron chi connectivity index (χ0n) is 20.9. The number of carbonyl (C=O) groups is 2. The molecular weight excluding hydrogens is 488 g/mol. The second-order valence-electron chi connectivity index (χ2n) is 9.63. The van der Waals surface area contributed by atoms with Crippen molar-refractivity contribution < 1.29 is 19.4 Å². The molecule has 2 aliphatic heterocycles. The SMILES string of the molecule is CN(C)c1ccc(C2/C(=C(/O)c3ccc4c(c3)CCCO4)C(=O)C(=O)N2CCc2ccc(Cl)cc2)cc1. The van der Waals surface area contributed by atoms with E-state index in [9.17, 15) is 14.7 Å². The third-order valence-electron chi connectivity index (χ3n) is 7.00. The first-order valence-corrected chi connectivity index (χ1v) is 12.8. The topological polar surface area (TPSA) is 70.1 Å². The molecule has 2 aliphatic rings. The van der Waals surface area contributed by atoms with E-state index in [4.69, 9.17) is 16.3 Å². The number of anilines is 1. The maximum absolute atomic E-state index is 13.4. The Morgan fingerprint density at radius 1 is 1.05 bits per heavy atom. The van der Waals surface area contributed by atoms with Crippen LogP contribution >= 0.6 is 11.6 Å². The number of rotatable bonds is 6. The van der Waals surface area contributed by atoms with Crippen molar-refractivity contribution in [1.29, 1.82) is 0 Å². The van der Waals surface area contributed by atoms with Crippen LogP contribution in [0.1, 0.15) is 34.7 Å². The number of hydrogen-bond acceptors (Lipinski definition) is 5. The van der Waals surface area contributed by atoms with Crippen LogP contribution in [0.25, 0.3) is 5.76 Å². The average Bonchev–Trinajstić information content (AvgIpc) is 3.17. The second kappa shape index (κ2) is 10.3. The number of carbonyl (C=O) groups excluding carboxylic acids is 2. The van der Waals surface area contributed by atoms with Gasteiger partial charge in [0.15, 0.2) is 0 Å². The first-order chi connectivity index (χ1) is 17.8. The summed E-state index contributed by atoms with van der Waals surface area (Å²) in [6.07, 6.45) is 2.28. The molecule has 0 aromatic heterocycles. The molecule has 6 nitrogen and oxygen atoms in total. The number of aryl methyl sites for hydroxylation is 1. The lowest BCUT2D eigenvalue weighted by Crippen LogP contribution is -2.31. The van der Waals surface area contributed by atoms with Crippen molar-refractivity contribution in [2.75, 3.05) is 32.1 Å². The molecule has 0 saturated carbocycles. The number of benzene rings is 3. The molecule has 1 unspecified atom stereocenters. The summed E-state index contributed by atoms with van der Waals surface area (Å²) >= 11 is 6.02. The van der Waals surface area contributed by atoms with E-state index in [1.807, 2.05) is 79.7 Å². The summed E-state index contributed by atoms with van der Waals surface area (Å²) in [5.74, 6) is -0.660. The fraction of sp³-hybridized carbons (Fsp3) is 0.267. The zero-order chi connectivity index (χ0) is 26.1. The van der Waals surface area contributed by atoms with Crippen LogP contribution < -0.4 is 9.64 Å². The number of halogens is 1. The van der Waals surface area contributed by atoms with Gasteiger partial charge in [-0.3, -0.25) is 9.59 Å². The van der Waals surface area contributed by atoms with Gasteiger partial charge in [-0.2, -0.15) is 0 Å². The van der Waals surface area contributed by atoms with Crippen molar-refractivity contribution in [2.45, 2.75) is 25.3 Å². The third kappa shape index (κ3) is 4.94. The Morgan fingerprint density at radius 3 is 2.49 bits per heavy atom. The molecule has 7 heteroatoms. The lowest BCUT2D eigenvalue weighted by atomic mass is 9.93. The van der Waals surface area contributed by atoms with Crippen LogP contribution in [-0.4, -0.2) is 48.9 Å². The van der Waals surface area contributed by atoms with Crippen molar-refractivity contribution in [3.63, 3.8) is 0 Å². The lowest BCUT2D eigenvalue weighted by Gasteiger charge is -2.26. The molecule has 3 aromatic carbocycles. The van der Waals surface area contributed by atoms with Crippen molar-refractivity contribution in [3.8, 4) is 5.75 Å². The van der Waals surface area contributed by atoms with Crippen LogP contribution in [-0.2, 0) is 22.4 Å². The smallest absolute Gasteiger partial charge is 0.295 e. The lowest BCUT2D eigenvalue weighted by molar-refractivity contribution is -0.139. The highest BCUT2D eigenvalue weighted by Gasteiger charge is 2.45. The third-order valence-corrected chi connectivity index (χ3v) is 7.25. The van der Waals surface area contributed by atoms with Gasteiger partial charge in [0, 0.05) is 36.9 Å². The molecule has 2 heterocycles. The second-order valence-corrected chi connectivity index (χ2v) is 10.1. The van der Waals surface area contributed by atoms with Gasteiger partial charge in [-0.15, -0.1) is 0 Å². The maximum Gasteiger partial charge on any atom is 0.295 e. The van der Waals surface area contributed by atoms with Gasteiger partial charge in [0.1, 0.15) is 11.5 Å². The zero-order valence-corrected chi connectivity index (χ0v) is 21.7. The molecule has 1 saturated heterocycles. The Kier molecular flexibility index (Phi) is 6.94. The first-order valence-electron chi connectivity index (χ1n) is 12.4. The van der Waals surface area contributed by atoms with Gasteiger partial charge in [-0.25, -0.2) is 0 Å². The van der Waals surface area contributed by atoms with E-state index in [0.717, 1.165) is 41.0 Å². The molecule has 0 aliphatic carbocycles. The number of likely N-dealkylation sites (tertiary alicyclic amines) is 1. The summed E-state index contributed by atoms with van der Waals surface area (Å²) in [7, 11) is 3.90. The van der Waals surface area contributed by atoms with Gasteiger partial charge in [0.25, 0.3) is 11.7 Å². The van der Waals surface area contributed by atoms with Gasteiger partial charge in [0.05, 0.1) is 18.2 Å². The minimum atomic E-state index is -0.698. The minimum absolute atomic E-state index is 0.107. The number of aliphatic hydroxyl groups is 1. The fourth-order valence-electron chi connectivity index (χ4n) is 4.98. The molecular formula is C30H29ClN2O4. The standard InChI is InChI=1S/C30H29ClN2O4/c1-32(2)24-12-7-20(8-13-24)27-26(28(34)22-9-14-25-21(18-22)4-3-17-37-25)29(35)30(36)33(27)16-15-19-5-10-23(31)11-6-19/h5-14,18,27,34H,3-4,15-17H2,1-2H3/b28-26-. The van der Waals surface area contributed by atoms with E-state index in [-0.39, 0.29) is 11.3 Å². The van der Waals surface area contributed by atoms with Crippen LogP contribution in [0.15, 0.2) is 72.3 Å². The Bertz CT molecular complexity index is 1360. The monoisotopic (exact) mass is 516 g/mol. The van der Waals surface area contributed by atoms with Crippen LogP contribution in [0.3, 0.4) is 0 Å². The van der Waals surface area contributed by atoms with Crippen molar-refractivity contribution in [2.24, 2.45) is 0 Å². The Labute approximate surface area is 221 Å². The number of Topliss-reactive ketones (excluding diaryl/α,β-unsaturated/α-hetero) is 1. The van der Waals surface area contributed by atoms with Gasteiger partial charge in [-0.05, 0) is 78.4 Å². The van der Waals surface area contributed by atoms with Gasteiger partial charge in [0.2, 0.25) is 0 Å². The van der Waals surface area contributed by atoms with Gasteiger partial charge in [-0.1, -0.05) is 35.9 Å². The van der Waals surface area contributed by atoms with Crippen molar-refractivity contribution in [3.05, 3.63) is 99.6 Å². The molecule has 0 spiro atoms. The predicted octanol–water partition coefficient (Wildman–Crippen LogP) is 5.40. The Hall–Kier alpha value is -3.77. The molecule has 3 aromatic rings. The number of amides is 1. The normalized spacial score (nSPS) is 18.5. The largest absolute Gasteiger partial charge is 0.507 e. The highest BCUT2D eigenvalue weighted by Crippen LogP contribution is 2.40. The Balaban J connectivity index is 1.56. The van der Waals surface area contributed by atoms with Crippen LogP contribution in [0.5, 0.6) is 5.75 Å². The van der Waals surface area contributed by atoms with Crippen molar-refractivity contribution >= 4 is 34.7 Å². The summed E-state index contributed by atoms with van der Waals surface area (Å²) in [5.41, 5.74) is 4.37. The molecule has 37 heavy (non-hydrogen) atoms.